The van der Waals surface area contributed by atoms with E-state index in [1.165, 1.54) is 6.42 Å². The van der Waals surface area contributed by atoms with Crippen LogP contribution >= 0.6 is 0 Å². The van der Waals surface area contributed by atoms with Crippen LogP contribution in [0.5, 0.6) is 0 Å². The molecule has 15 heavy (non-hydrogen) atoms. The summed E-state index contributed by atoms with van der Waals surface area (Å²) in [6, 6.07) is 0. The molecule has 0 aromatic heterocycles. The van der Waals surface area contributed by atoms with Gasteiger partial charge in [0.15, 0.2) is 0 Å². The van der Waals surface area contributed by atoms with Crippen LogP contribution in [0.25, 0.3) is 0 Å². The van der Waals surface area contributed by atoms with Crippen LogP contribution in [0.4, 0.5) is 0 Å². The van der Waals surface area contributed by atoms with Crippen molar-refractivity contribution in [3.63, 3.8) is 0 Å². The molecule has 2 aliphatic carbocycles. The van der Waals surface area contributed by atoms with Crippen LogP contribution in [0, 0.1) is 17.8 Å². The summed E-state index contributed by atoms with van der Waals surface area (Å²) in [5.41, 5.74) is 0. The zero-order valence-corrected chi connectivity index (χ0v) is 8.98. The Morgan fingerprint density at radius 3 is 2.60 bits per heavy atom. The molecular formula is C12H18N2O. The number of hydrogen-bond donors (Lipinski definition) is 1. The van der Waals surface area contributed by atoms with E-state index in [2.05, 4.69) is 22.4 Å². The minimum atomic E-state index is 0.304. The van der Waals surface area contributed by atoms with Gasteiger partial charge < -0.3 is 10.2 Å². The first-order chi connectivity index (χ1) is 7.34. The Kier molecular flexibility index (Phi) is 2.28. The smallest absolute Gasteiger partial charge is 0.226 e. The molecule has 1 saturated heterocycles. The van der Waals surface area contributed by atoms with E-state index in [0.717, 1.165) is 32.6 Å². The molecule has 0 aromatic carbocycles. The fourth-order valence-corrected chi connectivity index (χ4v) is 3.18. The van der Waals surface area contributed by atoms with E-state index in [1.807, 2.05) is 0 Å². The van der Waals surface area contributed by atoms with Gasteiger partial charge in [-0.25, -0.2) is 0 Å². The van der Waals surface area contributed by atoms with Gasteiger partial charge in [0.1, 0.15) is 0 Å². The lowest BCUT2D eigenvalue weighted by Gasteiger charge is -2.31. The predicted octanol–water partition coefficient (Wildman–Crippen LogP) is 0.630. The summed E-state index contributed by atoms with van der Waals surface area (Å²) in [5, 5.41) is 3.29. The number of amides is 1. The predicted molar refractivity (Wildman–Crippen MR) is 58.3 cm³/mol. The van der Waals surface area contributed by atoms with Gasteiger partial charge in [-0.1, -0.05) is 12.2 Å². The van der Waals surface area contributed by atoms with Gasteiger partial charge in [-0.15, -0.1) is 0 Å². The summed E-state index contributed by atoms with van der Waals surface area (Å²) in [5.74, 6) is 1.97. The third-order valence-electron chi connectivity index (χ3n) is 4.02. The number of carbonyl (C=O) groups excluding carboxylic acids is 1. The van der Waals surface area contributed by atoms with E-state index >= 15 is 0 Å². The number of carbonyl (C=O) groups is 1. The fourth-order valence-electron chi connectivity index (χ4n) is 3.18. The molecule has 1 N–H and O–H groups in total. The van der Waals surface area contributed by atoms with E-state index in [1.54, 1.807) is 0 Å². The van der Waals surface area contributed by atoms with Crippen molar-refractivity contribution in [3.05, 3.63) is 12.2 Å². The molecule has 1 saturated carbocycles. The summed E-state index contributed by atoms with van der Waals surface area (Å²) in [6.45, 7) is 3.72. The minimum absolute atomic E-state index is 0.304. The van der Waals surface area contributed by atoms with Gasteiger partial charge in [-0.3, -0.25) is 4.79 Å². The molecule has 0 spiro atoms. The Balaban J connectivity index is 1.67. The van der Waals surface area contributed by atoms with Crippen molar-refractivity contribution < 1.29 is 4.79 Å². The molecule has 0 radical (unpaired) electrons. The minimum Gasteiger partial charge on any atom is -0.340 e. The Bertz CT molecular complexity index is 294. The van der Waals surface area contributed by atoms with E-state index < -0.39 is 0 Å². The second kappa shape index (κ2) is 3.63. The Labute approximate surface area is 90.5 Å². The average Bonchev–Trinajstić information content (AvgIpc) is 2.91. The second-order valence-electron chi connectivity index (χ2n) is 4.96. The lowest BCUT2D eigenvalue weighted by Crippen LogP contribution is -2.49. The molecule has 3 aliphatic rings. The van der Waals surface area contributed by atoms with E-state index in [-0.39, 0.29) is 0 Å². The van der Waals surface area contributed by atoms with Gasteiger partial charge in [0.05, 0.1) is 0 Å². The molecule has 82 valence electrons. The molecule has 3 atom stereocenters. The molecule has 2 bridgehead atoms. The quantitative estimate of drug-likeness (QED) is 0.638. The highest BCUT2D eigenvalue weighted by atomic mass is 16.2. The number of hydrogen-bond acceptors (Lipinski definition) is 2. The summed E-state index contributed by atoms with van der Waals surface area (Å²) in [6.07, 6.45) is 6.89. The average molecular weight is 206 g/mol. The number of piperazine rings is 1. The summed E-state index contributed by atoms with van der Waals surface area (Å²) in [4.78, 5) is 14.3. The maximum absolute atomic E-state index is 12.3. The van der Waals surface area contributed by atoms with E-state index in [0.29, 0.717) is 23.7 Å². The van der Waals surface area contributed by atoms with Crippen LogP contribution < -0.4 is 5.32 Å². The van der Waals surface area contributed by atoms with Crippen LogP contribution in [-0.2, 0) is 4.79 Å². The molecule has 1 aliphatic heterocycles. The number of nitrogens with one attached hydrogen (secondary N) is 1. The van der Waals surface area contributed by atoms with Crippen LogP contribution in [0.15, 0.2) is 12.2 Å². The molecule has 3 heteroatoms. The van der Waals surface area contributed by atoms with Gasteiger partial charge in [-0.05, 0) is 24.7 Å². The molecule has 1 amide bonds. The van der Waals surface area contributed by atoms with Crippen molar-refractivity contribution in [2.45, 2.75) is 12.8 Å². The number of fused-ring (bicyclic) bond motifs is 2. The normalized spacial score (nSPS) is 38.7. The van der Waals surface area contributed by atoms with Crippen molar-refractivity contribution >= 4 is 5.91 Å². The van der Waals surface area contributed by atoms with Gasteiger partial charge >= 0.3 is 0 Å². The maximum Gasteiger partial charge on any atom is 0.226 e. The van der Waals surface area contributed by atoms with Crippen molar-refractivity contribution in [2.24, 2.45) is 17.8 Å². The summed E-state index contributed by atoms with van der Waals surface area (Å²) in [7, 11) is 0. The zero-order valence-electron chi connectivity index (χ0n) is 8.98. The zero-order chi connectivity index (χ0) is 10.3. The van der Waals surface area contributed by atoms with Gasteiger partial charge in [0, 0.05) is 32.1 Å². The van der Waals surface area contributed by atoms with Gasteiger partial charge in [0.25, 0.3) is 0 Å². The molecule has 1 heterocycles. The maximum atomic E-state index is 12.3. The highest BCUT2D eigenvalue weighted by Gasteiger charge is 2.41. The molecule has 3 nitrogen and oxygen atoms in total. The number of allylic oxidation sites excluding steroid dienone is 2. The first kappa shape index (κ1) is 9.40. The van der Waals surface area contributed by atoms with Crippen molar-refractivity contribution in [3.8, 4) is 0 Å². The molecule has 0 aromatic rings. The van der Waals surface area contributed by atoms with Crippen LogP contribution in [0.1, 0.15) is 12.8 Å². The van der Waals surface area contributed by atoms with E-state index in [4.69, 9.17) is 0 Å². The third kappa shape index (κ3) is 1.59. The van der Waals surface area contributed by atoms with Crippen LogP contribution in [0.2, 0.25) is 0 Å². The lowest BCUT2D eigenvalue weighted by atomic mass is 9.92. The standard InChI is InChI=1S/C12H18N2O/c15-12(14-5-3-13-4-6-14)11-8-9-1-2-10(11)7-9/h1-2,9-11,13H,3-8H2. The number of nitrogens with zero attached hydrogens (tertiary/aromatic N) is 1. The summed E-state index contributed by atoms with van der Waals surface area (Å²) < 4.78 is 0. The van der Waals surface area contributed by atoms with Crippen LogP contribution in [0.3, 0.4) is 0 Å². The lowest BCUT2D eigenvalue weighted by molar-refractivity contribution is -0.136. The van der Waals surface area contributed by atoms with Gasteiger partial charge in [-0.2, -0.15) is 0 Å². The number of rotatable bonds is 1. The Morgan fingerprint density at radius 2 is 2.00 bits per heavy atom. The second-order valence-corrected chi connectivity index (χ2v) is 4.96. The first-order valence-electron chi connectivity index (χ1n) is 6.02. The Hall–Kier alpha value is -0.830. The molecule has 3 unspecified atom stereocenters. The highest BCUT2D eigenvalue weighted by Crippen LogP contribution is 2.44. The molecule has 3 rings (SSSR count). The summed E-state index contributed by atoms with van der Waals surface area (Å²) >= 11 is 0. The first-order valence-corrected chi connectivity index (χ1v) is 6.02. The fraction of sp³-hybridized carbons (Fsp3) is 0.750. The molecular weight excluding hydrogens is 188 g/mol. The SMILES string of the molecule is O=C(C1CC2C=CC1C2)N1CCNCC1. The van der Waals surface area contributed by atoms with Gasteiger partial charge in [0.2, 0.25) is 5.91 Å². The van der Waals surface area contributed by atoms with Crippen molar-refractivity contribution in [2.75, 3.05) is 26.2 Å². The van der Waals surface area contributed by atoms with Crippen molar-refractivity contribution in [1.29, 1.82) is 0 Å². The topological polar surface area (TPSA) is 32.3 Å². The van der Waals surface area contributed by atoms with Crippen LogP contribution in [-0.4, -0.2) is 37.0 Å². The monoisotopic (exact) mass is 206 g/mol. The van der Waals surface area contributed by atoms with Crippen molar-refractivity contribution in [1.82, 2.24) is 10.2 Å². The molecule has 2 fully saturated rings. The Morgan fingerprint density at radius 1 is 1.20 bits per heavy atom. The largest absolute Gasteiger partial charge is 0.340 e. The third-order valence-corrected chi connectivity index (χ3v) is 4.02. The highest BCUT2D eigenvalue weighted by molar-refractivity contribution is 5.80. The van der Waals surface area contributed by atoms with E-state index in [9.17, 15) is 4.79 Å².